The first-order valence-electron chi connectivity index (χ1n) is 17.3. The number of anilines is 2. The van der Waals surface area contributed by atoms with Crippen LogP contribution in [0.2, 0.25) is 0 Å². The lowest BCUT2D eigenvalue weighted by molar-refractivity contribution is 0.0229. The normalized spacial score (nSPS) is 22.7. The van der Waals surface area contributed by atoms with Crippen molar-refractivity contribution in [2.75, 3.05) is 23.3 Å². The third-order valence-electron chi connectivity index (χ3n) is 10.4. The lowest BCUT2D eigenvalue weighted by atomic mass is 9.56. The SMILES string of the molecule is Cc1cccc(C)c1-c1cc2nc(n1)NS(=O)(=O)c1cccc(c1)C(=O)N(Cc1cncc(N(C)C3CC4CCC43)n1)[C@H](CC(C)(C)C)CO2. The van der Waals surface area contributed by atoms with Crippen molar-refractivity contribution >= 4 is 27.7 Å². The van der Waals surface area contributed by atoms with Gasteiger partial charge >= 0.3 is 0 Å². The van der Waals surface area contributed by atoms with Crippen molar-refractivity contribution < 1.29 is 17.9 Å². The summed E-state index contributed by atoms with van der Waals surface area (Å²) in [5.41, 5.74) is 4.05. The number of carbonyl (C=O) groups excluding carboxylic acids is 1. The first-order chi connectivity index (χ1) is 23.8. The molecule has 262 valence electrons. The zero-order valence-electron chi connectivity index (χ0n) is 29.6. The van der Waals surface area contributed by atoms with E-state index in [4.69, 9.17) is 9.72 Å². The quantitative estimate of drug-likeness (QED) is 0.243. The van der Waals surface area contributed by atoms with Gasteiger partial charge in [-0.2, -0.15) is 4.98 Å². The molecule has 0 saturated heterocycles. The van der Waals surface area contributed by atoms with E-state index in [9.17, 15) is 13.2 Å². The minimum Gasteiger partial charge on any atom is -0.475 e. The van der Waals surface area contributed by atoms with Crippen molar-refractivity contribution in [1.82, 2.24) is 24.8 Å². The van der Waals surface area contributed by atoms with Crippen molar-refractivity contribution in [3.8, 4) is 17.1 Å². The minimum atomic E-state index is -4.17. The Labute approximate surface area is 294 Å². The molecule has 4 aromatic rings. The van der Waals surface area contributed by atoms with Crippen LogP contribution in [-0.4, -0.2) is 64.9 Å². The lowest BCUT2D eigenvalue weighted by Crippen LogP contribution is -2.56. The number of hydrogen-bond donors (Lipinski definition) is 1. The van der Waals surface area contributed by atoms with Crippen molar-refractivity contribution in [2.24, 2.45) is 17.3 Å². The van der Waals surface area contributed by atoms with Crippen molar-refractivity contribution in [2.45, 2.75) is 83.8 Å². The second-order valence-electron chi connectivity index (χ2n) is 15.3. The highest BCUT2D eigenvalue weighted by Crippen LogP contribution is 2.52. The number of aryl methyl sites for hydroxylation is 2. The van der Waals surface area contributed by atoms with Gasteiger partial charge in [0.1, 0.15) is 12.4 Å². The van der Waals surface area contributed by atoms with E-state index < -0.39 is 16.1 Å². The maximum atomic E-state index is 14.6. The van der Waals surface area contributed by atoms with Crippen molar-refractivity contribution in [1.29, 1.82) is 0 Å². The highest BCUT2D eigenvalue weighted by Gasteiger charge is 2.49. The Balaban J connectivity index is 1.30. The summed E-state index contributed by atoms with van der Waals surface area (Å²) >= 11 is 0. The fraction of sp³-hybridized carbons (Fsp3) is 0.447. The number of rotatable bonds is 6. The molecule has 12 heteroatoms. The maximum Gasteiger partial charge on any atom is 0.264 e. The first kappa shape index (κ1) is 33.9. The molecular weight excluding hydrogens is 651 g/mol. The van der Waals surface area contributed by atoms with E-state index in [0.717, 1.165) is 34.3 Å². The van der Waals surface area contributed by atoms with Gasteiger partial charge in [0.2, 0.25) is 11.8 Å². The molecule has 4 bridgehead atoms. The predicted octanol–water partition coefficient (Wildman–Crippen LogP) is 6.43. The summed E-state index contributed by atoms with van der Waals surface area (Å²) in [5.74, 6) is 2.09. The number of hydrogen-bond acceptors (Lipinski definition) is 9. The topological polar surface area (TPSA) is 131 Å². The largest absolute Gasteiger partial charge is 0.475 e. The molecule has 0 spiro atoms. The zero-order chi connectivity index (χ0) is 35.4. The Morgan fingerprint density at radius 3 is 2.44 bits per heavy atom. The van der Waals surface area contributed by atoms with E-state index >= 15 is 0 Å². The van der Waals surface area contributed by atoms with Crippen molar-refractivity contribution in [3.05, 3.63) is 83.3 Å². The molecule has 50 heavy (non-hydrogen) atoms. The molecule has 2 aromatic carbocycles. The summed E-state index contributed by atoms with van der Waals surface area (Å²) in [7, 11) is -2.09. The molecule has 2 fully saturated rings. The van der Waals surface area contributed by atoms with E-state index in [1.54, 1.807) is 35.5 Å². The highest BCUT2D eigenvalue weighted by atomic mass is 32.2. The lowest BCUT2D eigenvalue weighted by Gasteiger charge is -2.56. The van der Waals surface area contributed by atoms with E-state index in [1.807, 2.05) is 32.0 Å². The number of sulfonamides is 1. The summed E-state index contributed by atoms with van der Waals surface area (Å²) in [5, 5.41) is 0. The van der Waals surface area contributed by atoms with E-state index in [1.165, 1.54) is 31.4 Å². The molecule has 2 aromatic heterocycles. The van der Waals surface area contributed by atoms with Crippen LogP contribution in [0.3, 0.4) is 0 Å². The molecular formula is C38H45N7O4S. The summed E-state index contributed by atoms with van der Waals surface area (Å²) in [6, 6.07) is 13.8. The molecule has 7 rings (SSSR count). The van der Waals surface area contributed by atoms with Gasteiger partial charge in [-0.3, -0.25) is 9.78 Å². The molecule has 1 N–H and O–H groups in total. The molecule has 3 aliphatic rings. The van der Waals surface area contributed by atoms with Crippen LogP contribution in [0.4, 0.5) is 11.8 Å². The van der Waals surface area contributed by atoms with Gasteiger partial charge in [0.15, 0.2) is 0 Å². The Kier molecular flexibility index (Phi) is 8.78. The van der Waals surface area contributed by atoms with Crippen LogP contribution in [0.25, 0.3) is 11.3 Å². The molecule has 2 saturated carbocycles. The fourth-order valence-corrected chi connectivity index (χ4v) is 8.65. The van der Waals surface area contributed by atoms with Gasteiger partial charge in [-0.05, 0) is 86.1 Å². The van der Waals surface area contributed by atoms with Gasteiger partial charge in [0.25, 0.3) is 15.9 Å². The van der Waals surface area contributed by atoms with E-state index in [-0.39, 0.29) is 46.8 Å². The molecule has 0 radical (unpaired) electrons. The monoisotopic (exact) mass is 695 g/mol. The molecule has 3 unspecified atom stereocenters. The zero-order valence-corrected chi connectivity index (χ0v) is 30.4. The van der Waals surface area contributed by atoms with Gasteiger partial charge in [0.05, 0.1) is 41.3 Å². The predicted molar refractivity (Wildman–Crippen MR) is 192 cm³/mol. The van der Waals surface area contributed by atoms with Gasteiger partial charge in [-0.25, -0.2) is 23.1 Å². The smallest absolute Gasteiger partial charge is 0.264 e. The average Bonchev–Trinajstić information content (AvgIpc) is 3.05. The molecule has 2 aliphatic carbocycles. The van der Waals surface area contributed by atoms with Gasteiger partial charge in [0, 0.05) is 30.3 Å². The number of amides is 1. The average molecular weight is 696 g/mol. The third kappa shape index (κ3) is 6.77. The number of fused-ring (bicyclic) bond motifs is 5. The van der Waals surface area contributed by atoms with Gasteiger partial charge < -0.3 is 14.5 Å². The van der Waals surface area contributed by atoms with Gasteiger partial charge in [-0.15, -0.1) is 0 Å². The highest BCUT2D eigenvalue weighted by molar-refractivity contribution is 7.92. The van der Waals surface area contributed by atoms with E-state index in [0.29, 0.717) is 23.9 Å². The van der Waals surface area contributed by atoms with Crippen LogP contribution < -0.4 is 14.4 Å². The van der Waals surface area contributed by atoms with Gasteiger partial charge in [-0.1, -0.05) is 45.0 Å². The molecule has 1 amide bonds. The Hall–Kier alpha value is -4.58. The van der Waals surface area contributed by atoms with Crippen LogP contribution in [0.15, 0.2) is 65.8 Å². The van der Waals surface area contributed by atoms with Crippen LogP contribution in [-0.2, 0) is 16.6 Å². The second-order valence-corrected chi connectivity index (χ2v) is 16.9. The number of ether oxygens (including phenoxy) is 1. The maximum absolute atomic E-state index is 14.6. The Morgan fingerprint density at radius 1 is 1.00 bits per heavy atom. The number of nitrogens with zero attached hydrogens (tertiary/aromatic N) is 6. The number of benzene rings is 2. The van der Waals surface area contributed by atoms with Crippen molar-refractivity contribution in [3.63, 3.8) is 0 Å². The summed E-state index contributed by atoms with van der Waals surface area (Å²) in [6.07, 6.45) is 7.83. The second kappa shape index (κ2) is 12.9. The standard InChI is InChI=1S/C38H45N7O4S/c1-23-9-7-10-24(2)35(23)31-17-34-42-37(41-31)43-50(47,48)29-12-8-11-26(15-29)36(46)45(28(22-49-34)18-38(3,4)5)21-27-19-39-20-33(40-27)44(6)32-16-25-13-14-30(25)32/h7-12,15,17,19-20,25,28,30,32H,13-14,16,18,21-22H2,1-6H3,(H,41,42,43)/t25?,28-,30?,32?/m1/s1. The fourth-order valence-electron chi connectivity index (χ4n) is 7.66. The molecule has 4 atom stereocenters. The third-order valence-corrected chi connectivity index (χ3v) is 11.7. The molecule has 11 nitrogen and oxygen atoms in total. The number of nitrogens with one attached hydrogen (secondary N) is 1. The summed E-state index contributed by atoms with van der Waals surface area (Å²) in [4.78, 5) is 37.1. The molecule has 3 heterocycles. The molecule has 1 aliphatic heterocycles. The van der Waals surface area contributed by atoms with Crippen LogP contribution in [0, 0.1) is 31.1 Å². The Morgan fingerprint density at radius 2 is 1.76 bits per heavy atom. The number of carbonyl (C=O) groups is 1. The summed E-state index contributed by atoms with van der Waals surface area (Å²) < 4.78 is 36.4. The van der Waals surface area contributed by atoms with E-state index in [2.05, 4.69) is 52.4 Å². The Bertz CT molecular complexity index is 2030. The first-order valence-corrected chi connectivity index (χ1v) is 18.8. The van der Waals surface area contributed by atoms with Crippen LogP contribution >= 0.6 is 0 Å². The van der Waals surface area contributed by atoms with Crippen LogP contribution in [0.5, 0.6) is 5.88 Å². The minimum absolute atomic E-state index is 0.0725. The van der Waals surface area contributed by atoms with Crippen LogP contribution in [0.1, 0.15) is 73.6 Å². The number of aromatic nitrogens is 4. The summed E-state index contributed by atoms with van der Waals surface area (Å²) in [6.45, 7) is 10.6.